The summed E-state index contributed by atoms with van der Waals surface area (Å²) in [6.45, 7) is 2.11. The van der Waals surface area contributed by atoms with Gasteiger partial charge in [-0.15, -0.1) is 0 Å². The van der Waals surface area contributed by atoms with E-state index in [0.717, 1.165) is 16.1 Å². The zero-order valence-corrected chi connectivity index (χ0v) is 12.7. The van der Waals surface area contributed by atoms with Crippen molar-refractivity contribution in [3.05, 3.63) is 40.6 Å². The fourth-order valence-corrected chi connectivity index (χ4v) is 3.10. The molecule has 3 rings (SSSR count). The number of rotatable bonds is 3. The smallest absolute Gasteiger partial charge is 0.207 e. The van der Waals surface area contributed by atoms with Gasteiger partial charge in [0.1, 0.15) is 0 Å². The highest BCUT2D eigenvalue weighted by molar-refractivity contribution is 9.10. The number of benzene rings is 1. The third kappa shape index (κ3) is 2.68. The minimum absolute atomic E-state index is 0.609. The molecular weight excluding hydrogens is 302 g/mol. The molecule has 1 aromatic carbocycles. The molecule has 1 aromatic heterocycles. The van der Waals surface area contributed by atoms with E-state index >= 15 is 0 Å². The normalized spacial score (nSPS) is 15.9. The maximum Gasteiger partial charge on any atom is 0.207 e. The number of aromatic nitrogens is 2. The summed E-state index contributed by atoms with van der Waals surface area (Å²) in [6.07, 6.45) is 9.17. The van der Waals surface area contributed by atoms with E-state index in [0.29, 0.717) is 6.04 Å². The second kappa shape index (κ2) is 5.37. The van der Waals surface area contributed by atoms with Crippen LogP contribution in [0.15, 0.2) is 35.1 Å². The van der Waals surface area contributed by atoms with Gasteiger partial charge in [0.15, 0.2) is 0 Å². The summed E-state index contributed by atoms with van der Waals surface area (Å²) in [6, 6.07) is 6.87. The minimum Gasteiger partial charge on any atom is -0.325 e. The minimum atomic E-state index is 0.609. The lowest BCUT2D eigenvalue weighted by Crippen LogP contribution is -2.08. The van der Waals surface area contributed by atoms with E-state index in [1.165, 1.54) is 31.2 Å². The molecule has 100 valence electrons. The van der Waals surface area contributed by atoms with Crippen molar-refractivity contribution in [1.29, 1.82) is 0 Å². The van der Waals surface area contributed by atoms with E-state index in [1.807, 2.05) is 6.20 Å². The zero-order chi connectivity index (χ0) is 13.2. The third-order valence-corrected chi connectivity index (χ3v) is 4.33. The Kier molecular flexibility index (Phi) is 3.60. The molecule has 2 aromatic rings. The first kappa shape index (κ1) is 12.7. The second-order valence-electron chi connectivity index (χ2n) is 5.18. The van der Waals surface area contributed by atoms with Crippen LogP contribution in [-0.2, 0) is 0 Å². The molecular formula is C15H18BrN3. The predicted molar refractivity (Wildman–Crippen MR) is 81.9 cm³/mol. The van der Waals surface area contributed by atoms with Gasteiger partial charge in [0, 0.05) is 28.6 Å². The molecule has 0 spiro atoms. The molecule has 1 aliphatic rings. The molecule has 1 N–H and O–H groups in total. The Bertz CT molecular complexity index is 571. The van der Waals surface area contributed by atoms with Crippen molar-refractivity contribution in [2.45, 2.75) is 38.6 Å². The Morgan fingerprint density at radius 1 is 1.32 bits per heavy atom. The molecule has 0 bridgehead atoms. The van der Waals surface area contributed by atoms with Crippen LogP contribution in [0.4, 0.5) is 11.6 Å². The molecule has 3 nitrogen and oxygen atoms in total. The standard InChI is InChI=1S/C15H18BrN3/c1-11-6-7-12(16)10-14(11)18-15-17-8-9-19(15)13-4-2-3-5-13/h6-10,13H,2-5H2,1H3,(H,17,18). The SMILES string of the molecule is Cc1ccc(Br)cc1Nc1nccn1C1CCCC1. The average molecular weight is 320 g/mol. The van der Waals surface area contributed by atoms with Crippen LogP contribution in [-0.4, -0.2) is 9.55 Å². The van der Waals surface area contributed by atoms with Crippen molar-refractivity contribution in [3.63, 3.8) is 0 Å². The topological polar surface area (TPSA) is 29.9 Å². The lowest BCUT2D eigenvalue weighted by Gasteiger charge is -2.16. The number of hydrogen-bond donors (Lipinski definition) is 1. The van der Waals surface area contributed by atoms with Gasteiger partial charge in [0.2, 0.25) is 5.95 Å². The summed E-state index contributed by atoms with van der Waals surface area (Å²) in [7, 11) is 0. The Hall–Kier alpha value is -1.29. The van der Waals surface area contributed by atoms with Gasteiger partial charge < -0.3 is 9.88 Å². The van der Waals surface area contributed by atoms with Crippen LogP contribution < -0.4 is 5.32 Å². The van der Waals surface area contributed by atoms with Gasteiger partial charge in [-0.2, -0.15) is 0 Å². The molecule has 1 fully saturated rings. The van der Waals surface area contributed by atoms with Crippen LogP contribution in [0.5, 0.6) is 0 Å². The summed E-state index contributed by atoms with van der Waals surface area (Å²) < 4.78 is 3.37. The predicted octanol–water partition coefficient (Wildman–Crippen LogP) is 4.81. The van der Waals surface area contributed by atoms with Crippen molar-refractivity contribution in [2.75, 3.05) is 5.32 Å². The molecule has 0 unspecified atom stereocenters. The van der Waals surface area contributed by atoms with Gasteiger partial charge in [-0.3, -0.25) is 0 Å². The Labute approximate surface area is 122 Å². The Morgan fingerprint density at radius 3 is 2.89 bits per heavy atom. The summed E-state index contributed by atoms with van der Waals surface area (Å²) in [4.78, 5) is 4.46. The highest BCUT2D eigenvalue weighted by atomic mass is 79.9. The van der Waals surface area contributed by atoms with Gasteiger partial charge in [-0.05, 0) is 37.5 Å². The van der Waals surface area contributed by atoms with Crippen molar-refractivity contribution in [3.8, 4) is 0 Å². The van der Waals surface area contributed by atoms with E-state index in [-0.39, 0.29) is 0 Å². The molecule has 0 aliphatic heterocycles. The second-order valence-corrected chi connectivity index (χ2v) is 6.10. The quantitative estimate of drug-likeness (QED) is 0.879. The molecule has 0 saturated heterocycles. The molecule has 1 aliphatic carbocycles. The lowest BCUT2D eigenvalue weighted by atomic mass is 10.2. The Balaban J connectivity index is 1.87. The molecule has 0 amide bonds. The van der Waals surface area contributed by atoms with Crippen molar-refractivity contribution < 1.29 is 0 Å². The van der Waals surface area contributed by atoms with Gasteiger partial charge in [-0.25, -0.2) is 4.98 Å². The number of halogens is 1. The maximum atomic E-state index is 4.46. The van der Waals surface area contributed by atoms with Gasteiger partial charge in [0.05, 0.1) is 0 Å². The van der Waals surface area contributed by atoms with Crippen molar-refractivity contribution in [1.82, 2.24) is 9.55 Å². The van der Waals surface area contributed by atoms with Crippen LogP contribution >= 0.6 is 15.9 Å². The van der Waals surface area contributed by atoms with Gasteiger partial charge in [0.25, 0.3) is 0 Å². The van der Waals surface area contributed by atoms with E-state index < -0.39 is 0 Å². The number of aryl methyl sites for hydroxylation is 1. The molecule has 4 heteroatoms. The number of imidazole rings is 1. The van der Waals surface area contributed by atoms with E-state index in [4.69, 9.17) is 0 Å². The molecule has 0 radical (unpaired) electrons. The van der Waals surface area contributed by atoms with Crippen molar-refractivity contribution in [2.24, 2.45) is 0 Å². The van der Waals surface area contributed by atoms with E-state index in [2.05, 4.69) is 62.1 Å². The Morgan fingerprint density at radius 2 is 2.11 bits per heavy atom. The van der Waals surface area contributed by atoms with E-state index in [9.17, 15) is 0 Å². The van der Waals surface area contributed by atoms with Crippen LogP contribution in [0.25, 0.3) is 0 Å². The zero-order valence-electron chi connectivity index (χ0n) is 11.1. The average Bonchev–Trinajstić information content (AvgIpc) is 3.03. The molecule has 0 atom stereocenters. The maximum absolute atomic E-state index is 4.46. The fourth-order valence-electron chi connectivity index (χ4n) is 2.74. The van der Waals surface area contributed by atoms with Crippen LogP contribution in [0.2, 0.25) is 0 Å². The van der Waals surface area contributed by atoms with Crippen LogP contribution in [0.1, 0.15) is 37.3 Å². The highest BCUT2D eigenvalue weighted by Gasteiger charge is 2.19. The summed E-state index contributed by atoms with van der Waals surface area (Å²) in [5.41, 5.74) is 2.34. The van der Waals surface area contributed by atoms with Crippen LogP contribution in [0.3, 0.4) is 0 Å². The molecule has 19 heavy (non-hydrogen) atoms. The highest BCUT2D eigenvalue weighted by Crippen LogP contribution is 2.32. The van der Waals surface area contributed by atoms with E-state index in [1.54, 1.807) is 0 Å². The summed E-state index contributed by atoms with van der Waals surface area (Å²) >= 11 is 3.52. The fraction of sp³-hybridized carbons (Fsp3) is 0.400. The third-order valence-electron chi connectivity index (χ3n) is 3.83. The van der Waals surface area contributed by atoms with Crippen molar-refractivity contribution >= 4 is 27.6 Å². The largest absolute Gasteiger partial charge is 0.325 e. The summed E-state index contributed by atoms with van der Waals surface area (Å²) in [5, 5.41) is 3.46. The van der Waals surface area contributed by atoms with Gasteiger partial charge in [-0.1, -0.05) is 34.8 Å². The molecule has 1 heterocycles. The summed E-state index contributed by atoms with van der Waals surface area (Å²) in [5.74, 6) is 0.952. The first-order valence-electron chi connectivity index (χ1n) is 6.80. The first-order valence-corrected chi connectivity index (χ1v) is 7.59. The lowest BCUT2D eigenvalue weighted by molar-refractivity contribution is 0.525. The number of hydrogen-bond acceptors (Lipinski definition) is 2. The van der Waals surface area contributed by atoms with Crippen LogP contribution in [0, 0.1) is 6.92 Å². The first-order chi connectivity index (χ1) is 9.24. The number of anilines is 2. The molecule has 1 saturated carbocycles. The van der Waals surface area contributed by atoms with Gasteiger partial charge >= 0.3 is 0 Å². The monoisotopic (exact) mass is 319 g/mol. The number of nitrogens with one attached hydrogen (secondary N) is 1. The number of nitrogens with zero attached hydrogens (tertiary/aromatic N) is 2.